The van der Waals surface area contributed by atoms with Gasteiger partial charge in [-0.05, 0) is 19.1 Å². The topological polar surface area (TPSA) is 129 Å². The summed E-state index contributed by atoms with van der Waals surface area (Å²) in [5.41, 5.74) is 1.20. The van der Waals surface area contributed by atoms with Gasteiger partial charge in [0.15, 0.2) is 0 Å². The number of methoxy groups -OCH3 is 1. The van der Waals surface area contributed by atoms with Crippen molar-refractivity contribution in [2.24, 2.45) is 0 Å². The lowest BCUT2D eigenvalue weighted by molar-refractivity contribution is 0.105. The number of aliphatic hydroxyl groups is 2. The molecule has 0 radical (unpaired) electrons. The summed E-state index contributed by atoms with van der Waals surface area (Å²) in [5.74, 6) is 1.16. The number of hydrogen-bond donors (Lipinski definition) is 5. The first-order valence-corrected chi connectivity index (χ1v) is 7.60. The van der Waals surface area contributed by atoms with Gasteiger partial charge in [-0.2, -0.15) is 4.98 Å². The van der Waals surface area contributed by atoms with Crippen molar-refractivity contribution in [3.63, 3.8) is 0 Å². The van der Waals surface area contributed by atoms with E-state index in [-0.39, 0.29) is 19.1 Å². The van der Waals surface area contributed by atoms with Gasteiger partial charge in [0, 0.05) is 30.1 Å². The summed E-state index contributed by atoms with van der Waals surface area (Å²) in [4.78, 5) is 20.4. The number of rotatable bonds is 7. The van der Waals surface area contributed by atoms with Gasteiger partial charge < -0.3 is 25.6 Å². The van der Waals surface area contributed by atoms with Crippen molar-refractivity contribution in [3.8, 4) is 5.75 Å². The Balaban J connectivity index is 2.00. The van der Waals surface area contributed by atoms with Crippen LogP contribution in [0.1, 0.15) is 5.69 Å². The van der Waals surface area contributed by atoms with Gasteiger partial charge in [-0.3, -0.25) is 5.32 Å². The van der Waals surface area contributed by atoms with E-state index in [4.69, 9.17) is 9.84 Å². The van der Waals surface area contributed by atoms with Crippen molar-refractivity contribution >= 4 is 23.5 Å². The van der Waals surface area contributed by atoms with Crippen LogP contribution in [0.4, 0.5) is 22.2 Å². The molecule has 1 aromatic carbocycles. The van der Waals surface area contributed by atoms with E-state index in [1.807, 2.05) is 0 Å². The van der Waals surface area contributed by atoms with E-state index in [9.17, 15) is 9.90 Å². The van der Waals surface area contributed by atoms with Crippen LogP contribution in [-0.4, -0.2) is 52.6 Å². The van der Waals surface area contributed by atoms with Gasteiger partial charge in [-0.15, -0.1) is 0 Å². The molecule has 0 fully saturated rings. The Labute approximate surface area is 145 Å². The molecule has 0 aliphatic rings. The van der Waals surface area contributed by atoms with Gasteiger partial charge >= 0.3 is 6.03 Å². The fourth-order valence-electron chi connectivity index (χ4n) is 1.97. The van der Waals surface area contributed by atoms with Crippen molar-refractivity contribution in [2.75, 3.05) is 36.2 Å². The molecule has 2 aromatic rings. The number of hydrogen-bond acceptors (Lipinski definition) is 7. The first kappa shape index (κ1) is 18.4. The third-order valence-corrected chi connectivity index (χ3v) is 3.14. The Morgan fingerprint density at radius 3 is 2.80 bits per heavy atom. The summed E-state index contributed by atoms with van der Waals surface area (Å²) in [6.07, 6.45) is -0.900. The van der Waals surface area contributed by atoms with Crippen LogP contribution < -0.4 is 20.7 Å². The molecule has 0 aliphatic carbocycles. The molecule has 2 rings (SSSR count). The summed E-state index contributed by atoms with van der Waals surface area (Å²) >= 11 is 0. The highest BCUT2D eigenvalue weighted by atomic mass is 16.5. The average molecular weight is 347 g/mol. The molecule has 1 atom stereocenters. The molecule has 5 N–H and O–H groups in total. The minimum Gasteiger partial charge on any atom is -0.497 e. The minimum absolute atomic E-state index is 0.112. The maximum Gasteiger partial charge on any atom is 0.326 e. The van der Waals surface area contributed by atoms with Crippen molar-refractivity contribution < 1.29 is 19.7 Å². The van der Waals surface area contributed by atoms with Crippen LogP contribution in [0.15, 0.2) is 30.3 Å². The number of nitrogens with one attached hydrogen (secondary N) is 3. The molecule has 25 heavy (non-hydrogen) atoms. The molecule has 9 nitrogen and oxygen atoms in total. The summed E-state index contributed by atoms with van der Waals surface area (Å²) in [5, 5.41) is 26.3. The number of aryl methyl sites for hydroxylation is 1. The Morgan fingerprint density at radius 2 is 2.08 bits per heavy atom. The van der Waals surface area contributed by atoms with E-state index in [0.717, 1.165) is 0 Å². The zero-order chi connectivity index (χ0) is 18.2. The summed E-state index contributed by atoms with van der Waals surface area (Å²) in [6.45, 7) is 1.52. The first-order valence-electron chi connectivity index (χ1n) is 7.60. The maximum atomic E-state index is 12.1. The Morgan fingerprint density at radius 1 is 1.28 bits per heavy atom. The van der Waals surface area contributed by atoms with Gasteiger partial charge in [0.25, 0.3) is 0 Å². The number of carbonyl (C=O) groups excluding carboxylic acids is 1. The predicted molar refractivity (Wildman–Crippen MR) is 94.0 cm³/mol. The van der Waals surface area contributed by atoms with E-state index < -0.39 is 12.1 Å². The number of carbonyl (C=O) groups is 1. The number of nitrogens with zero attached hydrogens (tertiary/aromatic N) is 2. The van der Waals surface area contributed by atoms with Crippen LogP contribution in [0, 0.1) is 6.92 Å². The van der Waals surface area contributed by atoms with Crippen LogP contribution in [-0.2, 0) is 0 Å². The smallest absolute Gasteiger partial charge is 0.326 e. The molecule has 0 spiro atoms. The van der Waals surface area contributed by atoms with Gasteiger partial charge in [0.1, 0.15) is 11.6 Å². The number of ether oxygens (including phenoxy) is 1. The minimum atomic E-state index is -0.900. The largest absolute Gasteiger partial charge is 0.497 e. The van der Waals surface area contributed by atoms with E-state index in [0.29, 0.717) is 22.9 Å². The second-order valence-corrected chi connectivity index (χ2v) is 5.25. The third-order valence-electron chi connectivity index (χ3n) is 3.14. The van der Waals surface area contributed by atoms with Gasteiger partial charge in [0.2, 0.25) is 5.95 Å². The highest BCUT2D eigenvalue weighted by molar-refractivity contribution is 5.98. The van der Waals surface area contributed by atoms with Crippen LogP contribution in [0.25, 0.3) is 0 Å². The van der Waals surface area contributed by atoms with Crippen molar-refractivity contribution in [2.45, 2.75) is 13.0 Å². The molecule has 134 valence electrons. The zero-order valence-corrected chi connectivity index (χ0v) is 14.0. The fraction of sp³-hybridized carbons (Fsp3) is 0.312. The van der Waals surface area contributed by atoms with Gasteiger partial charge in [0.05, 0.1) is 19.8 Å². The van der Waals surface area contributed by atoms with Crippen LogP contribution >= 0.6 is 0 Å². The van der Waals surface area contributed by atoms with Crippen LogP contribution in [0.3, 0.4) is 0 Å². The van der Waals surface area contributed by atoms with Crippen molar-refractivity contribution in [1.29, 1.82) is 0 Å². The van der Waals surface area contributed by atoms with E-state index in [1.165, 1.54) is 0 Å². The lowest BCUT2D eigenvalue weighted by atomic mass is 10.3. The molecular formula is C16H21N5O4. The molecule has 1 aromatic heterocycles. The molecule has 0 aliphatic heterocycles. The normalized spacial score (nSPS) is 11.5. The fourth-order valence-corrected chi connectivity index (χ4v) is 1.97. The maximum absolute atomic E-state index is 12.1. The number of urea groups is 1. The number of benzene rings is 1. The monoisotopic (exact) mass is 347 g/mol. The highest BCUT2D eigenvalue weighted by Crippen LogP contribution is 2.17. The number of amides is 2. The van der Waals surface area contributed by atoms with Crippen LogP contribution in [0.2, 0.25) is 0 Å². The van der Waals surface area contributed by atoms with Crippen molar-refractivity contribution in [1.82, 2.24) is 9.97 Å². The number of anilines is 3. The molecule has 0 bridgehead atoms. The first-order chi connectivity index (χ1) is 12.0. The SMILES string of the molecule is COc1cccc(NC(=O)Nc2nc(C)cc(NCC(O)CO)n2)c1. The summed E-state index contributed by atoms with van der Waals surface area (Å²) < 4.78 is 5.10. The molecule has 0 saturated heterocycles. The Kier molecular flexibility index (Phi) is 6.49. The molecule has 0 saturated carbocycles. The zero-order valence-electron chi connectivity index (χ0n) is 14.0. The molecular weight excluding hydrogens is 326 g/mol. The lowest BCUT2D eigenvalue weighted by Crippen LogP contribution is -2.24. The van der Waals surface area contributed by atoms with E-state index >= 15 is 0 Å². The quantitative estimate of drug-likeness (QED) is 0.509. The van der Waals surface area contributed by atoms with E-state index in [2.05, 4.69) is 25.9 Å². The second kappa shape index (κ2) is 8.81. The summed E-state index contributed by atoms with van der Waals surface area (Å²) in [7, 11) is 1.54. The third kappa shape index (κ3) is 5.90. The molecule has 1 unspecified atom stereocenters. The molecule has 1 heterocycles. The standard InChI is InChI=1S/C16H21N5O4/c1-10-6-14(17-8-12(23)9-22)20-15(18-10)21-16(24)19-11-4-3-5-13(7-11)25-2/h3-7,12,22-23H,8-9H2,1-2H3,(H3,17,18,19,20,21,24). The Bertz CT molecular complexity index is 725. The molecule has 2 amide bonds. The van der Waals surface area contributed by atoms with Gasteiger partial charge in [-0.25, -0.2) is 9.78 Å². The number of aromatic nitrogens is 2. The van der Waals surface area contributed by atoms with Crippen molar-refractivity contribution in [3.05, 3.63) is 36.0 Å². The number of aliphatic hydroxyl groups excluding tert-OH is 2. The van der Waals surface area contributed by atoms with E-state index in [1.54, 1.807) is 44.4 Å². The summed E-state index contributed by atoms with van der Waals surface area (Å²) in [6, 6.07) is 8.09. The Hall–Kier alpha value is -2.91. The molecule has 9 heteroatoms. The lowest BCUT2D eigenvalue weighted by Gasteiger charge is -2.12. The second-order valence-electron chi connectivity index (χ2n) is 5.25. The predicted octanol–water partition coefficient (Wildman–Crippen LogP) is 1.20. The van der Waals surface area contributed by atoms with Gasteiger partial charge in [-0.1, -0.05) is 6.07 Å². The average Bonchev–Trinajstić information content (AvgIpc) is 2.59. The highest BCUT2D eigenvalue weighted by Gasteiger charge is 2.09. The van der Waals surface area contributed by atoms with Crippen LogP contribution in [0.5, 0.6) is 5.75 Å².